The molecular formula is C39H38O6. The molecule has 5 aromatic carbocycles. The van der Waals surface area contributed by atoms with Gasteiger partial charge in [0.05, 0.1) is 16.7 Å². The van der Waals surface area contributed by atoms with Crippen LogP contribution in [0.4, 0.5) is 0 Å². The summed E-state index contributed by atoms with van der Waals surface area (Å²) in [6.45, 7) is 11.9. The molecule has 0 heterocycles. The van der Waals surface area contributed by atoms with E-state index in [0.717, 1.165) is 22.3 Å². The highest BCUT2D eigenvalue weighted by Gasteiger charge is 2.11. The van der Waals surface area contributed by atoms with Crippen molar-refractivity contribution >= 4 is 17.9 Å². The van der Waals surface area contributed by atoms with E-state index in [4.69, 9.17) is 14.2 Å². The Kier molecular flexibility index (Phi) is 12.8. The highest BCUT2D eigenvalue weighted by atomic mass is 16.5. The number of carbonyl (C=O) groups excluding carboxylic acids is 3. The van der Waals surface area contributed by atoms with E-state index < -0.39 is 11.9 Å². The Hall–Kier alpha value is -5.49. The second-order valence-corrected chi connectivity index (χ2v) is 10.1. The van der Waals surface area contributed by atoms with Crippen LogP contribution >= 0.6 is 0 Å². The van der Waals surface area contributed by atoms with Crippen LogP contribution in [0.1, 0.15) is 67.2 Å². The van der Waals surface area contributed by atoms with Gasteiger partial charge in [0.2, 0.25) is 0 Å². The highest BCUT2D eigenvalue weighted by Crippen LogP contribution is 2.20. The molecule has 0 amide bonds. The predicted octanol–water partition coefficient (Wildman–Crippen LogP) is 9.29. The maximum atomic E-state index is 12.1. The molecule has 0 saturated heterocycles. The van der Waals surface area contributed by atoms with Crippen molar-refractivity contribution in [3.8, 4) is 17.2 Å². The van der Waals surface area contributed by atoms with E-state index in [1.54, 1.807) is 72.8 Å². The molecule has 0 aliphatic carbocycles. The lowest BCUT2D eigenvalue weighted by Crippen LogP contribution is -2.09. The molecule has 0 aliphatic heterocycles. The van der Waals surface area contributed by atoms with E-state index in [9.17, 15) is 14.4 Å². The van der Waals surface area contributed by atoms with Crippen molar-refractivity contribution in [1.82, 2.24) is 0 Å². The summed E-state index contributed by atoms with van der Waals surface area (Å²) in [5.41, 5.74) is 5.92. The highest BCUT2D eigenvalue weighted by molar-refractivity contribution is 5.92. The first-order chi connectivity index (χ1) is 21.7. The average Bonchev–Trinajstić information content (AvgIpc) is 3.05. The minimum Gasteiger partial charge on any atom is -0.423 e. The van der Waals surface area contributed by atoms with Crippen molar-refractivity contribution in [1.29, 1.82) is 0 Å². The number of esters is 3. The van der Waals surface area contributed by atoms with Gasteiger partial charge in [-0.15, -0.1) is 0 Å². The summed E-state index contributed by atoms with van der Waals surface area (Å²) in [7, 11) is 0. The third kappa shape index (κ3) is 10.9. The first-order valence-electron chi connectivity index (χ1n) is 14.7. The standard InChI is InChI=1S/C22H18O4.C15H14O2.C2H6/c1-15-3-7-17(8-4-15)21(23)25-19-11-13-20(14-12-19)26-22(24)18-9-5-16(2)6-10-18;1-11-3-7-13(8-4-11)15(16)17-14-9-5-12(2)6-10-14;1-2/h3-14H,1-2H3;3-10H,1-2H3;1-2H3. The molecule has 0 atom stereocenters. The van der Waals surface area contributed by atoms with Crippen molar-refractivity contribution in [3.05, 3.63) is 160 Å². The molecule has 0 aromatic heterocycles. The number of aryl methyl sites for hydroxylation is 4. The Morgan fingerprint density at radius 3 is 0.733 bits per heavy atom. The summed E-state index contributed by atoms with van der Waals surface area (Å²) < 4.78 is 15.9. The van der Waals surface area contributed by atoms with Gasteiger partial charge in [0, 0.05) is 0 Å². The second-order valence-electron chi connectivity index (χ2n) is 10.1. The molecule has 0 N–H and O–H groups in total. The van der Waals surface area contributed by atoms with Crippen molar-refractivity contribution in [2.45, 2.75) is 41.5 Å². The second kappa shape index (κ2) is 17.0. The lowest BCUT2D eigenvalue weighted by Gasteiger charge is -2.07. The van der Waals surface area contributed by atoms with E-state index in [1.165, 1.54) is 0 Å². The zero-order valence-electron chi connectivity index (χ0n) is 26.5. The van der Waals surface area contributed by atoms with Gasteiger partial charge in [0.15, 0.2) is 0 Å². The van der Waals surface area contributed by atoms with E-state index in [1.807, 2.05) is 90.1 Å². The summed E-state index contributed by atoms with van der Waals surface area (Å²) in [6, 6.07) is 35.4. The Labute approximate surface area is 265 Å². The molecule has 230 valence electrons. The van der Waals surface area contributed by atoms with Gasteiger partial charge in [-0.25, -0.2) is 14.4 Å². The van der Waals surface area contributed by atoms with Gasteiger partial charge in [0.1, 0.15) is 17.2 Å². The summed E-state index contributed by atoms with van der Waals surface area (Å²) in [5, 5.41) is 0. The molecule has 45 heavy (non-hydrogen) atoms. The zero-order chi connectivity index (χ0) is 32.8. The van der Waals surface area contributed by atoms with Gasteiger partial charge < -0.3 is 14.2 Å². The van der Waals surface area contributed by atoms with Crippen LogP contribution in [0.25, 0.3) is 0 Å². The molecule has 5 aromatic rings. The summed E-state index contributed by atoms with van der Waals surface area (Å²) >= 11 is 0. The number of rotatable bonds is 6. The van der Waals surface area contributed by atoms with Crippen LogP contribution in [0, 0.1) is 27.7 Å². The Bertz CT molecular complexity index is 1590. The van der Waals surface area contributed by atoms with E-state index in [-0.39, 0.29) is 5.97 Å². The molecule has 5 rings (SSSR count). The number of carbonyl (C=O) groups is 3. The van der Waals surface area contributed by atoms with Crippen LogP contribution in [0.3, 0.4) is 0 Å². The average molecular weight is 603 g/mol. The zero-order valence-corrected chi connectivity index (χ0v) is 26.5. The largest absolute Gasteiger partial charge is 0.423 e. The SMILES string of the molecule is CC.Cc1ccc(C(=O)Oc2ccc(OC(=O)c3ccc(C)cc3)cc2)cc1.Cc1ccc(OC(=O)c2ccc(C)cc2)cc1. The van der Waals surface area contributed by atoms with Gasteiger partial charge in [-0.1, -0.05) is 84.6 Å². The maximum Gasteiger partial charge on any atom is 0.343 e. The molecule has 0 spiro atoms. The van der Waals surface area contributed by atoms with Gasteiger partial charge in [-0.2, -0.15) is 0 Å². The quantitative estimate of drug-likeness (QED) is 0.142. The fourth-order valence-electron chi connectivity index (χ4n) is 3.75. The Balaban J connectivity index is 0.000000251. The van der Waals surface area contributed by atoms with Crippen molar-refractivity contribution in [2.24, 2.45) is 0 Å². The molecule has 0 aliphatic rings. The van der Waals surface area contributed by atoms with Gasteiger partial charge in [-0.3, -0.25) is 0 Å². The molecular weight excluding hydrogens is 564 g/mol. The van der Waals surface area contributed by atoms with Gasteiger partial charge in [-0.05, 0) is 100 Å². The monoisotopic (exact) mass is 602 g/mol. The van der Waals surface area contributed by atoms with Crippen LogP contribution in [-0.2, 0) is 0 Å². The van der Waals surface area contributed by atoms with E-state index in [0.29, 0.717) is 33.9 Å². The number of hydrogen-bond acceptors (Lipinski definition) is 6. The molecule has 0 fully saturated rings. The fourth-order valence-corrected chi connectivity index (χ4v) is 3.75. The summed E-state index contributed by atoms with van der Waals surface area (Å²) in [6.07, 6.45) is 0. The van der Waals surface area contributed by atoms with Gasteiger partial charge in [0.25, 0.3) is 0 Å². The van der Waals surface area contributed by atoms with E-state index in [2.05, 4.69) is 0 Å². The first kappa shape index (κ1) is 34.0. The summed E-state index contributed by atoms with van der Waals surface area (Å²) in [5.74, 6) is 0.134. The van der Waals surface area contributed by atoms with Crippen LogP contribution in [0.5, 0.6) is 17.2 Å². The number of ether oxygens (including phenoxy) is 3. The van der Waals surface area contributed by atoms with Crippen molar-refractivity contribution in [2.75, 3.05) is 0 Å². The van der Waals surface area contributed by atoms with Crippen LogP contribution in [0.15, 0.2) is 121 Å². The van der Waals surface area contributed by atoms with Gasteiger partial charge >= 0.3 is 17.9 Å². The van der Waals surface area contributed by atoms with Crippen LogP contribution < -0.4 is 14.2 Å². The van der Waals surface area contributed by atoms with Crippen LogP contribution in [0.2, 0.25) is 0 Å². The molecule has 0 radical (unpaired) electrons. The fraction of sp³-hybridized carbons (Fsp3) is 0.154. The smallest absolute Gasteiger partial charge is 0.343 e. The third-order valence-corrected chi connectivity index (χ3v) is 6.34. The lowest BCUT2D eigenvalue weighted by atomic mass is 10.1. The molecule has 0 bridgehead atoms. The first-order valence-corrected chi connectivity index (χ1v) is 14.7. The van der Waals surface area contributed by atoms with Crippen molar-refractivity contribution in [3.63, 3.8) is 0 Å². The molecule has 0 unspecified atom stereocenters. The predicted molar refractivity (Wildman–Crippen MR) is 177 cm³/mol. The molecule has 6 nitrogen and oxygen atoms in total. The molecule has 0 saturated carbocycles. The van der Waals surface area contributed by atoms with E-state index >= 15 is 0 Å². The minimum absolute atomic E-state index is 0.325. The maximum absolute atomic E-state index is 12.1. The minimum atomic E-state index is -0.436. The lowest BCUT2D eigenvalue weighted by molar-refractivity contribution is 0.0719. The third-order valence-electron chi connectivity index (χ3n) is 6.34. The topological polar surface area (TPSA) is 78.9 Å². The molecule has 6 heteroatoms. The number of hydrogen-bond donors (Lipinski definition) is 0. The normalized spacial score (nSPS) is 9.82. The van der Waals surface area contributed by atoms with Crippen LogP contribution in [-0.4, -0.2) is 17.9 Å². The Morgan fingerprint density at radius 2 is 0.511 bits per heavy atom. The Morgan fingerprint density at radius 1 is 0.333 bits per heavy atom. The van der Waals surface area contributed by atoms with Crippen molar-refractivity contribution < 1.29 is 28.6 Å². The summed E-state index contributed by atoms with van der Waals surface area (Å²) in [4.78, 5) is 36.0. The number of benzene rings is 5.